The fraction of sp³-hybridized carbons (Fsp3) is 0.625. The second kappa shape index (κ2) is 6.24. The predicted molar refractivity (Wildman–Crippen MR) is 79.3 cm³/mol. The van der Waals surface area contributed by atoms with Gasteiger partial charge in [0.1, 0.15) is 0 Å². The Morgan fingerprint density at radius 1 is 1.11 bits per heavy atom. The summed E-state index contributed by atoms with van der Waals surface area (Å²) < 4.78 is 0. The monoisotopic (exact) mass is 246 g/mol. The molecular formula is C16H26N2. The van der Waals surface area contributed by atoms with Gasteiger partial charge in [-0.15, -0.1) is 0 Å². The van der Waals surface area contributed by atoms with Crippen LogP contribution in [0.3, 0.4) is 0 Å². The Hall–Kier alpha value is -1.02. The number of piperazine rings is 1. The first-order chi connectivity index (χ1) is 8.69. The molecule has 1 fully saturated rings. The van der Waals surface area contributed by atoms with E-state index < -0.39 is 0 Å². The molecule has 1 heterocycles. The highest BCUT2D eigenvalue weighted by Crippen LogP contribution is 2.19. The minimum absolute atomic E-state index is 0.734. The van der Waals surface area contributed by atoms with Gasteiger partial charge in [0.05, 0.1) is 0 Å². The molecule has 0 amide bonds. The summed E-state index contributed by atoms with van der Waals surface area (Å²) in [4.78, 5) is 5.05. The van der Waals surface area contributed by atoms with E-state index in [1.807, 2.05) is 0 Å². The summed E-state index contributed by atoms with van der Waals surface area (Å²) in [6.07, 6.45) is 1.18. The van der Waals surface area contributed by atoms with E-state index in [4.69, 9.17) is 0 Å². The van der Waals surface area contributed by atoms with E-state index in [1.54, 1.807) is 0 Å². The van der Waals surface area contributed by atoms with Crippen molar-refractivity contribution < 1.29 is 0 Å². The molecule has 0 bridgehead atoms. The van der Waals surface area contributed by atoms with E-state index in [9.17, 15) is 0 Å². The molecule has 0 saturated carbocycles. The molecule has 1 saturated heterocycles. The summed E-state index contributed by atoms with van der Waals surface area (Å²) in [5.41, 5.74) is 2.88. The summed E-state index contributed by atoms with van der Waals surface area (Å²) >= 11 is 0. The quantitative estimate of drug-likeness (QED) is 0.806. The van der Waals surface area contributed by atoms with E-state index in [0.29, 0.717) is 0 Å². The zero-order valence-electron chi connectivity index (χ0n) is 12.0. The number of anilines is 1. The van der Waals surface area contributed by atoms with Crippen LogP contribution in [0, 0.1) is 5.92 Å². The second-order valence-corrected chi connectivity index (χ2v) is 5.69. The van der Waals surface area contributed by atoms with Crippen LogP contribution in [0.4, 0.5) is 5.69 Å². The van der Waals surface area contributed by atoms with Gasteiger partial charge >= 0.3 is 0 Å². The molecule has 0 aromatic heterocycles. The molecule has 2 heteroatoms. The van der Waals surface area contributed by atoms with Gasteiger partial charge < -0.3 is 9.80 Å². The number of hydrogen-bond donors (Lipinski definition) is 0. The van der Waals surface area contributed by atoms with Gasteiger partial charge in [0.25, 0.3) is 0 Å². The molecule has 0 atom stereocenters. The average molecular weight is 246 g/mol. The van der Waals surface area contributed by atoms with Crippen molar-refractivity contribution in [2.45, 2.75) is 27.2 Å². The highest BCUT2D eigenvalue weighted by atomic mass is 15.3. The van der Waals surface area contributed by atoms with Crippen molar-refractivity contribution >= 4 is 5.69 Å². The van der Waals surface area contributed by atoms with Crippen molar-refractivity contribution in [3.63, 3.8) is 0 Å². The Balaban J connectivity index is 2.00. The van der Waals surface area contributed by atoms with E-state index in [0.717, 1.165) is 5.92 Å². The first-order valence-electron chi connectivity index (χ1n) is 7.25. The van der Waals surface area contributed by atoms with Crippen LogP contribution in [0.1, 0.15) is 26.3 Å². The molecular weight excluding hydrogens is 220 g/mol. The van der Waals surface area contributed by atoms with Crippen molar-refractivity contribution in [1.82, 2.24) is 4.90 Å². The topological polar surface area (TPSA) is 6.48 Å². The van der Waals surface area contributed by atoms with Gasteiger partial charge in [-0.25, -0.2) is 0 Å². The fourth-order valence-corrected chi connectivity index (χ4v) is 2.67. The Morgan fingerprint density at radius 2 is 1.83 bits per heavy atom. The minimum atomic E-state index is 0.734. The molecule has 0 spiro atoms. The maximum Gasteiger partial charge on any atom is 0.0369 e. The summed E-state index contributed by atoms with van der Waals surface area (Å²) in [5.74, 6) is 0.734. The van der Waals surface area contributed by atoms with Crippen LogP contribution >= 0.6 is 0 Å². The number of nitrogens with zero attached hydrogens (tertiary/aromatic N) is 2. The Kier molecular flexibility index (Phi) is 4.65. The summed E-state index contributed by atoms with van der Waals surface area (Å²) in [5, 5.41) is 0. The molecule has 2 nitrogen and oxygen atoms in total. The molecule has 18 heavy (non-hydrogen) atoms. The zero-order chi connectivity index (χ0) is 13.0. The highest BCUT2D eigenvalue weighted by Gasteiger charge is 2.15. The fourth-order valence-electron chi connectivity index (χ4n) is 2.67. The van der Waals surface area contributed by atoms with Gasteiger partial charge in [0, 0.05) is 31.9 Å². The molecule has 0 aliphatic carbocycles. The van der Waals surface area contributed by atoms with E-state index >= 15 is 0 Å². The molecule has 100 valence electrons. The molecule has 1 aromatic rings. The van der Waals surface area contributed by atoms with Gasteiger partial charge in [0.15, 0.2) is 0 Å². The third kappa shape index (κ3) is 3.49. The lowest BCUT2D eigenvalue weighted by Gasteiger charge is -2.35. The van der Waals surface area contributed by atoms with E-state index in [-0.39, 0.29) is 0 Å². The van der Waals surface area contributed by atoms with Crippen LogP contribution in [0.5, 0.6) is 0 Å². The van der Waals surface area contributed by atoms with Gasteiger partial charge in [-0.2, -0.15) is 0 Å². The molecule has 1 aliphatic rings. The standard InChI is InChI=1S/C16H26N2/c1-4-17-8-10-18(11-9-17)16-7-5-6-15(13-16)12-14(2)3/h5-7,13-14H,4,8-12H2,1-3H3. The lowest BCUT2D eigenvalue weighted by Crippen LogP contribution is -2.46. The molecule has 0 N–H and O–H groups in total. The number of hydrogen-bond acceptors (Lipinski definition) is 2. The lowest BCUT2D eigenvalue weighted by molar-refractivity contribution is 0.271. The van der Waals surface area contributed by atoms with Gasteiger partial charge in [-0.05, 0) is 36.6 Å². The third-order valence-electron chi connectivity index (χ3n) is 3.74. The van der Waals surface area contributed by atoms with Gasteiger partial charge in [0.2, 0.25) is 0 Å². The Bertz CT molecular complexity index is 365. The van der Waals surface area contributed by atoms with E-state index in [1.165, 1.54) is 50.4 Å². The van der Waals surface area contributed by atoms with E-state index in [2.05, 4.69) is 54.8 Å². The van der Waals surface area contributed by atoms with Crippen LogP contribution in [-0.2, 0) is 6.42 Å². The molecule has 2 rings (SSSR count). The SMILES string of the molecule is CCN1CCN(c2cccc(CC(C)C)c2)CC1. The number of rotatable bonds is 4. The Labute approximate surface area is 112 Å². The van der Waals surface area contributed by atoms with Gasteiger partial charge in [-0.1, -0.05) is 32.9 Å². The third-order valence-corrected chi connectivity index (χ3v) is 3.74. The van der Waals surface area contributed by atoms with Crippen LogP contribution in [0.15, 0.2) is 24.3 Å². The van der Waals surface area contributed by atoms with Crippen molar-refractivity contribution in [2.75, 3.05) is 37.6 Å². The van der Waals surface area contributed by atoms with Gasteiger partial charge in [-0.3, -0.25) is 0 Å². The van der Waals surface area contributed by atoms with Crippen LogP contribution < -0.4 is 4.90 Å². The van der Waals surface area contributed by atoms with Crippen molar-refractivity contribution in [1.29, 1.82) is 0 Å². The minimum Gasteiger partial charge on any atom is -0.369 e. The number of benzene rings is 1. The molecule has 0 unspecified atom stereocenters. The summed E-state index contributed by atoms with van der Waals surface area (Å²) in [6.45, 7) is 12.7. The molecule has 0 radical (unpaired) electrons. The van der Waals surface area contributed by atoms with Crippen molar-refractivity contribution in [2.24, 2.45) is 5.92 Å². The van der Waals surface area contributed by atoms with Crippen molar-refractivity contribution in [3.8, 4) is 0 Å². The Morgan fingerprint density at radius 3 is 2.44 bits per heavy atom. The lowest BCUT2D eigenvalue weighted by atomic mass is 10.0. The molecule has 1 aromatic carbocycles. The predicted octanol–water partition coefficient (Wildman–Crippen LogP) is 3.03. The summed E-state index contributed by atoms with van der Waals surface area (Å²) in [6, 6.07) is 9.10. The van der Waals surface area contributed by atoms with Crippen LogP contribution in [-0.4, -0.2) is 37.6 Å². The van der Waals surface area contributed by atoms with Crippen molar-refractivity contribution in [3.05, 3.63) is 29.8 Å². The first-order valence-corrected chi connectivity index (χ1v) is 7.25. The number of likely N-dealkylation sites (N-methyl/N-ethyl adjacent to an activating group) is 1. The first kappa shape index (κ1) is 13.4. The zero-order valence-corrected chi connectivity index (χ0v) is 12.0. The largest absolute Gasteiger partial charge is 0.369 e. The van der Waals surface area contributed by atoms with Crippen LogP contribution in [0.25, 0.3) is 0 Å². The molecule has 1 aliphatic heterocycles. The highest BCUT2D eigenvalue weighted by molar-refractivity contribution is 5.49. The normalized spacial score (nSPS) is 17.4. The maximum absolute atomic E-state index is 2.52. The summed E-state index contributed by atoms with van der Waals surface area (Å²) in [7, 11) is 0. The second-order valence-electron chi connectivity index (χ2n) is 5.69. The smallest absolute Gasteiger partial charge is 0.0369 e. The van der Waals surface area contributed by atoms with Crippen LogP contribution in [0.2, 0.25) is 0 Å². The average Bonchev–Trinajstić information content (AvgIpc) is 2.38. The maximum atomic E-state index is 2.52.